The highest BCUT2D eigenvalue weighted by molar-refractivity contribution is 9.10. The van der Waals surface area contributed by atoms with Crippen LogP contribution in [0.25, 0.3) is 0 Å². The number of hydrogen-bond acceptors (Lipinski definition) is 4. The van der Waals surface area contributed by atoms with Gasteiger partial charge in [0, 0.05) is 23.8 Å². The van der Waals surface area contributed by atoms with Gasteiger partial charge in [0.1, 0.15) is 16.2 Å². The molecule has 3 nitrogen and oxygen atoms in total. The summed E-state index contributed by atoms with van der Waals surface area (Å²) in [5.41, 5.74) is 0. The summed E-state index contributed by atoms with van der Waals surface area (Å²) in [5, 5.41) is 3.44. The van der Waals surface area contributed by atoms with Gasteiger partial charge < -0.3 is 5.32 Å². The number of nitrogens with one attached hydrogen (secondary N) is 1. The average Bonchev–Trinajstić information content (AvgIpc) is 2.73. The van der Waals surface area contributed by atoms with Crippen molar-refractivity contribution in [1.82, 2.24) is 9.97 Å². The molecule has 1 N–H and O–H groups in total. The van der Waals surface area contributed by atoms with Crippen molar-refractivity contribution in [3.63, 3.8) is 0 Å². The zero-order valence-corrected chi connectivity index (χ0v) is 12.7. The number of aryl methyl sites for hydroxylation is 1. The molecule has 0 saturated carbocycles. The molecule has 1 aromatic heterocycles. The highest BCUT2D eigenvalue weighted by Crippen LogP contribution is 2.37. The lowest BCUT2D eigenvalue weighted by Crippen LogP contribution is -2.27. The molecule has 0 radical (unpaired) electrons. The minimum absolute atomic E-state index is 0.365. The van der Waals surface area contributed by atoms with Gasteiger partial charge in [-0.2, -0.15) is 11.8 Å². The Labute approximate surface area is 115 Å². The monoisotopic (exact) mass is 315 g/mol. The maximum Gasteiger partial charge on any atom is 0.131 e. The first kappa shape index (κ1) is 13.1. The third-order valence-electron chi connectivity index (χ3n) is 3.00. The minimum Gasteiger partial charge on any atom is -0.369 e. The van der Waals surface area contributed by atoms with E-state index in [0.29, 0.717) is 4.75 Å². The minimum atomic E-state index is 0.365. The molecule has 0 bridgehead atoms. The van der Waals surface area contributed by atoms with E-state index in [1.165, 1.54) is 18.6 Å². The van der Waals surface area contributed by atoms with Crippen molar-refractivity contribution in [2.24, 2.45) is 0 Å². The molecule has 1 aromatic rings. The van der Waals surface area contributed by atoms with Crippen LogP contribution in [0.3, 0.4) is 0 Å². The number of halogens is 1. The first-order valence-corrected chi connectivity index (χ1v) is 7.80. The van der Waals surface area contributed by atoms with Crippen LogP contribution in [0.4, 0.5) is 5.82 Å². The highest BCUT2D eigenvalue weighted by Gasteiger charge is 2.29. The summed E-state index contributed by atoms with van der Waals surface area (Å²) in [6, 6.07) is 1.95. The maximum absolute atomic E-state index is 4.48. The van der Waals surface area contributed by atoms with Crippen molar-refractivity contribution in [2.45, 2.75) is 37.9 Å². The van der Waals surface area contributed by atoms with Gasteiger partial charge in [-0.3, -0.25) is 0 Å². The number of rotatable bonds is 4. The second-order valence-corrected chi connectivity index (χ2v) is 7.10. The molecule has 1 atom stereocenters. The van der Waals surface area contributed by atoms with Gasteiger partial charge in [0.25, 0.3) is 0 Å². The maximum atomic E-state index is 4.48. The van der Waals surface area contributed by atoms with Crippen LogP contribution >= 0.6 is 27.7 Å². The predicted molar refractivity (Wildman–Crippen MR) is 77.7 cm³/mol. The molecule has 1 aliphatic heterocycles. The first-order valence-electron chi connectivity index (χ1n) is 6.02. The highest BCUT2D eigenvalue weighted by atomic mass is 79.9. The second-order valence-electron chi connectivity index (χ2n) is 4.60. The summed E-state index contributed by atoms with van der Waals surface area (Å²) >= 11 is 5.48. The SMILES string of the molecule is CCc1nc(Br)cc(NCC2(C)CCCS2)n1. The van der Waals surface area contributed by atoms with E-state index in [1.807, 2.05) is 6.07 Å². The Kier molecular flexibility index (Phi) is 4.31. The molecule has 94 valence electrons. The largest absolute Gasteiger partial charge is 0.369 e. The third-order valence-corrected chi connectivity index (χ3v) is 4.95. The second kappa shape index (κ2) is 5.57. The lowest BCUT2D eigenvalue weighted by atomic mass is 10.1. The zero-order valence-electron chi connectivity index (χ0n) is 10.3. The van der Waals surface area contributed by atoms with E-state index in [2.05, 4.69) is 56.8 Å². The summed E-state index contributed by atoms with van der Waals surface area (Å²) < 4.78 is 1.22. The van der Waals surface area contributed by atoms with Crippen LogP contribution in [0, 0.1) is 0 Å². The predicted octanol–water partition coefficient (Wildman–Crippen LogP) is 3.50. The Morgan fingerprint density at radius 1 is 1.53 bits per heavy atom. The molecular weight excluding hydrogens is 298 g/mol. The van der Waals surface area contributed by atoms with Gasteiger partial charge in [-0.15, -0.1) is 0 Å². The van der Waals surface area contributed by atoms with Crippen LogP contribution in [0.1, 0.15) is 32.5 Å². The van der Waals surface area contributed by atoms with Crippen LogP contribution in [-0.4, -0.2) is 27.0 Å². The van der Waals surface area contributed by atoms with Gasteiger partial charge in [0.05, 0.1) is 0 Å². The fourth-order valence-corrected chi connectivity index (χ4v) is 3.63. The number of nitrogens with zero attached hydrogens (tertiary/aromatic N) is 2. The van der Waals surface area contributed by atoms with Crippen LogP contribution in [-0.2, 0) is 6.42 Å². The van der Waals surface area contributed by atoms with Gasteiger partial charge in [0.15, 0.2) is 0 Å². The molecule has 0 aliphatic carbocycles. The summed E-state index contributed by atoms with van der Waals surface area (Å²) in [7, 11) is 0. The molecule has 0 aromatic carbocycles. The molecule has 1 aliphatic rings. The number of thioether (sulfide) groups is 1. The normalized spacial score (nSPS) is 23.9. The fraction of sp³-hybridized carbons (Fsp3) is 0.667. The van der Waals surface area contributed by atoms with E-state index in [-0.39, 0.29) is 0 Å². The lowest BCUT2D eigenvalue weighted by Gasteiger charge is -2.23. The smallest absolute Gasteiger partial charge is 0.131 e. The molecule has 1 saturated heterocycles. The summed E-state index contributed by atoms with van der Waals surface area (Å²) in [6.07, 6.45) is 3.48. The standard InChI is InChI=1S/C12H18BrN3S/c1-3-10-15-9(13)7-11(16-10)14-8-12(2)5-4-6-17-12/h7H,3-6,8H2,1-2H3,(H,14,15,16). The van der Waals surface area contributed by atoms with E-state index in [1.54, 1.807) is 0 Å². The van der Waals surface area contributed by atoms with Crippen molar-refractivity contribution < 1.29 is 0 Å². The van der Waals surface area contributed by atoms with Crippen LogP contribution < -0.4 is 5.32 Å². The van der Waals surface area contributed by atoms with E-state index in [9.17, 15) is 0 Å². The van der Waals surface area contributed by atoms with E-state index in [4.69, 9.17) is 0 Å². The fourth-order valence-electron chi connectivity index (χ4n) is 1.97. The van der Waals surface area contributed by atoms with E-state index >= 15 is 0 Å². The quantitative estimate of drug-likeness (QED) is 0.863. The number of anilines is 1. The van der Waals surface area contributed by atoms with E-state index in [0.717, 1.165) is 29.2 Å². The molecule has 0 amide bonds. The van der Waals surface area contributed by atoms with E-state index < -0.39 is 0 Å². The molecular formula is C12H18BrN3S. The van der Waals surface area contributed by atoms with Crippen molar-refractivity contribution in [1.29, 1.82) is 0 Å². The van der Waals surface area contributed by atoms with Gasteiger partial charge in [-0.1, -0.05) is 6.92 Å². The van der Waals surface area contributed by atoms with Gasteiger partial charge >= 0.3 is 0 Å². The molecule has 17 heavy (non-hydrogen) atoms. The van der Waals surface area contributed by atoms with Gasteiger partial charge in [0.2, 0.25) is 0 Å². The number of hydrogen-bond donors (Lipinski definition) is 1. The number of aromatic nitrogens is 2. The molecule has 5 heteroatoms. The molecule has 0 spiro atoms. The van der Waals surface area contributed by atoms with Crippen molar-refractivity contribution in [3.05, 3.63) is 16.5 Å². The zero-order chi connectivity index (χ0) is 12.3. The van der Waals surface area contributed by atoms with Gasteiger partial charge in [-0.05, 0) is 41.4 Å². The molecule has 1 unspecified atom stereocenters. The summed E-state index contributed by atoms with van der Waals surface area (Å²) in [4.78, 5) is 8.79. The Hall–Kier alpha value is -0.290. The Balaban J connectivity index is 2.00. The Morgan fingerprint density at radius 3 is 3.00 bits per heavy atom. The van der Waals surface area contributed by atoms with Crippen LogP contribution in [0.5, 0.6) is 0 Å². The van der Waals surface area contributed by atoms with Gasteiger partial charge in [-0.25, -0.2) is 9.97 Å². The Bertz CT molecular complexity index is 391. The summed E-state index contributed by atoms with van der Waals surface area (Å²) in [5.74, 6) is 3.09. The first-order chi connectivity index (χ1) is 8.11. The average molecular weight is 316 g/mol. The molecule has 1 fully saturated rings. The molecule has 2 heterocycles. The summed E-state index contributed by atoms with van der Waals surface area (Å²) in [6.45, 7) is 5.37. The van der Waals surface area contributed by atoms with Crippen molar-refractivity contribution >= 4 is 33.5 Å². The van der Waals surface area contributed by atoms with Crippen molar-refractivity contribution in [3.8, 4) is 0 Å². The third kappa shape index (κ3) is 3.58. The van der Waals surface area contributed by atoms with Crippen LogP contribution in [0.15, 0.2) is 10.7 Å². The topological polar surface area (TPSA) is 37.8 Å². The lowest BCUT2D eigenvalue weighted by molar-refractivity contribution is 0.633. The van der Waals surface area contributed by atoms with Crippen molar-refractivity contribution in [2.75, 3.05) is 17.6 Å². The van der Waals surface area contributed by atoms with Crippen LogP contribution in [0.2, 0.25) is 0 Å². The molecule has 2 rings (SSSR count). The Morgan fingerprint density at radius 2 is 2.35 bits per heavy atom.